The average molecular weight is 404 g/mol. The van der Waals surface area contributed by atoms with E-state index >= 15 is 0 Å². The van der Waals surface area contributed by atoms with Crippen molar-refractivity contribution >= 4 is 20.1 Å². The van der Waals surface area contributed by atoms with Gasteiger partial charge in [0.15, 0.2) is 11.9 Å². The van der Waals surface area contributed by atoms with Gasteiger partial charge in [0, 0.05) is 5.56 Å². The summed E-state index contributed by atoms with van der Waals surface area (Å²) in [4.78, 5) is 24.0. The van der Waals surface area contributed by atoms with Crippen LogP contribution in [0.3, 0.4) is 0 Å². The number of ketones is 1. The van der Waals surface area contributed by atoms with Crippen molar-refractivity contribution in [1.29, 1.82) is 0 Å². The van der Waals surface area contributed by atoms with E-state index in [1.165, 1.54) is 24.3 Å². The van der Waals surface area contributed by atoms with E-state index in [2.05, 4.69) is 0 Å². The fourth-order valence-electron chi connectivity index (χ4n) is 1.89. The number of Topliss-reactive ketones (excluding diaryl/α,β-unsaturated/α-hetero) is 1. The van der Waals surface area contributed by atoms with Crippen LogP contribution in [-0.4, -0.2) is 59.6 Å². The lowest BCUT2D eigenvalue weighted by Gasteiger charge is -2.37. The summed E-state index contributed by atoms with van der Waals surface area (Å²) in [5, 5.41) is 29.0. The predicted octanol–water partition coefficient (Wildman–Crippen LogP) is 2.14. The molecule has 0 aliphatic heterocycles. The van der Waals surface area contributed by atoms with Gasteiger partial charge >= 0.3 is 11.9 Å². The molecule has 3 atom stereocenters. The Morgan fingerprint density at radius 1 is 1.04 bits per heavy atom. The minimum absolute atomic E-state index is 0.0385. The van der Waals surface area contributed by atoms with Crippen LogP contribution in [0.5, 0.6) is 0 Å². The Balaban J connectivity index is 2.95. The lowest BCUT2D eigenvalue weighted by Crippen LogP contribution is -2.56. The van der Waals surface area contributed by atoms with Gasteiger partial charge in [0.2, 0.25) is 0 Å². The van der Waals surface area contributed by atoms with Crippen molar-refractivity contribution < 1.29 is 38.1 Å². The highest BCUT2D eigenvalue weighted by atomic mass is 28.4. The smallest absolute Gasteiger partial charge is 0.369 e. The van der Waals surface area contributed by atoms with E-state index in [1.54, 1.807) is 39.9 Å². The van der Waals surface area contributed by atoms with E-state index in [9.17, 15) is 33.7 Å². The molecule has 0 bridgehead atoms. The Bertz CT molecular complexity index is 672. The number of aliphatic hydroxyl groups is 3. The fourth-order valence-corrected chi connectivity index (χ4v) is 2.79. The number of carbonyl (C=O) groups excluding carboxylic acids is 2. The summed E-state index contributed by atoms with van der Waals surface area (Å²) < 4.78 is 33.6. The standard InChI is InChI=1S/C18H26F2O6Si/c1-17(2,3)27(4,5)26-16(25)18(19,20)15(24)14(23)13(22)12(21)11-9-7-6-8-10-11/h6-10,13-15,22-24H,1-5H3/t13?,14-,15-/m1/s1. The summed E-state index contributed by atoms with van der Waals surface area (Å²) in [5.41, 5.74) is -0.0385. The second-order valence-corrected chi connectivity index (χ2v) is 12.6. The number of rotatable bonds is 7. The topological polar surface area (TPSA) is 104 Å². The number of hydrogen-bond donors (Lipinski definition) is 3. The van der Waals surface area contributed by atoms with Gasteiger partial charge < -0.3 is 19.7 Å². The third-order valence-corrected chi connectivity index (χ3v) is 9.08. The fraction of sp³-hybridized carbons (Fsp3) is 0.556. The SMILES string of the molecule is CC(C)(C)[Si](C)(C)OC(=O)C(F)(F)[C@H](O)[C@H](O)C(O)C(=O)c1ccccc1. The minimum Gasteiger partial charge on any atom is -0.515 e. The highest BCUT2D eigenvalue weighted by Crippen LogP contribution is 2.38. The Morgan fingerprint density at radius 3 is 1.96 bits per heavy atom. The van der Waals surface area contributed by atoms with Gasteiger partial charge in [-0.3, -0.25) is 4.79 Å². The summed E-state index contributed by atoms with van der Waals surface area (Å²) in [6.45, 7) is 8.34. The zero-order chi connectivity index (χ0) is 21.2. The van der Waals surface area contributed by atoms with Crippen molar-refractivity contribution in [1.82, 2.24) is 0 Å². The van der Waals surface area contributed by atoms with E-state index in [0.29, 0.717) is 0 Å². The van der Waals surface area contributed by atoms with Gasteiger partial charge in [0.25, 0.3) is 8.32 Å². The number of hydrogen-bond acceptors (Lipinski definition) is 6. The largest absolute Gasteiger partial charge is 0.515 e. The Hall–Kier alpha value is -1.68. The molecule has 152 valence electrons. The summed E-state index contributed by atoms with van der Waals surface area (Å²) in [5.74, 6) is -7.57. The lowest BCUT2D eigenvalue weighted by atomic mass is 9.96. The van der Waals surface area contributed by atoms with Crippen LogP contribution < -0.4 is 0 Å². The molecule has 0 radical (unpaired) electrons. The monoisotopic (exact) mass is 404 g/mol. The van der Waals surface area contributed by atoms with E-state index in [0.717, 1.165) is 0 Å². The second kappa shape index (κ2) is 8.13. The van der Waals surface area contributed by atoms with Crippen LogP contribution in [0.1, 0.15) is 31.1 Å². The van der Waals surface area contributed by atoms with Crippen molar-refractivity contribution in [2.75, 3.05) is 0 Å². The summed E-state index contributed by atoms with van der Waals surface area (Å²) in [7, 11) is -2.91. The minimum atomic E-state index is -4.51. The molecule has 27 heavy (non-hydrogen) atoms. The molecule has 0 aromatic heterocycles. The molecule has 6 nitrogen and oxygen atoms in total. The first-order chi connectivity index (χ1) is 12.1. The predicted molar refractivity (Wildman–Crippen MR) is 97.0 cm³/mol. The Kier molecular flexibility index (Phi) is 7.04. The molecule has 3 N–H and O–H groups in total. The summed E-state index contributed by atoms with van der Waals surface area (Å²) in [6.07, 6.45) is -7.94. The molecule has 0 spiro atoms. The maximum absolute atomic E-state index is 14.3. The number of alkyl halides is 2. The molecule has 1 unspecified atom stereocenters. The first-order valence-electron chi connectivity index (χ1n) is 8.37. The number of aliphatic hydroxyl groups excluding tert-OH is 3. The van der Waals surface area contributed by atoms with Gasteiger partial charge in [-0.2, -0.15) is 8.78 Å². The Labute approximate surface area is 157 Å². The highest BCUT2D eigenvalue weighted by molar-refractivity contribution is 6.75. The lowest BCUT2D eigenvalue weighted by molar-refractivity contribution is -0.197. The van der Waals surface area contributed by atoms with Crippen LogP contribution >= 0.6 is 0 Å². The highest BCUT2D eigenvalue weighted by Gasteiger charge is 2.56. The molecule has 0 heterocycles. The van der Waals surface area contributed by atoms with Crippen molar-refractivity contribution in [3.05, 3.63) is 35.9 Å². The normalized spacial score (nSPS) is 16.4. The molecule has 0 amide bonds. The molecule has 1 rings (SSSR count). The number of halogens is 2. The van der Waals surface area contributed by atoms with Crippen LogP contribution in [0.15, 0.2) is 30.3 Å². The molecule has 0 aliphatic carbocycles. The second-order valence-electron chi connectivity index (χ2n) is 7.88. The zero-order valence-electron chi connectivity index (χ0n) is 15.9. The maximum atomic E-state index is 14.3. The van der Waals surface area contributed by atoms with Gasteiger partial charge in [-0.05, 0) is 18.1 Å². The first-order valence-corrected chi connectivity index (χ1v) is 11.3. The molecular formula is C18H26F2O6Si. The molecule has 9 heteroatoms. The number of benzene rings is 1. The van der Waals surface area contributed by atoms with E-state index < -0.39 is 49.3 Å². The van der Waals surface area contributed by atoms with Crippen molar-refractivity contribution in [3.63, 3.8) is 0 Å². The molecule has 0 saturated heterocycles. The molecule has 0 saturated carbocycles. The van der Waals surface area contributed by atoms with Crippen LogP contribution in [0.25, 0.3) is 0 Å². The average Bonchev–Trinajstić information content (AvgIpc) is 2.58. The van der Waals surface area contributed by atoms with E-state index in [-0.39, 0.29) is 5.56 Å². The third kappa shape index (κ3) is 5.19. The van der Waals surface area contributed by atoms with Crippen molar-refractivity contribution in [3.8, 4) is 0 Å². The molecule has 1 aromatic carbocycles. The molecular weight excluding hydrogens is 378 g/mol. The third-order valence-electron chi connectivity index (χ3n) is 4.77. The van der Waals surface area contributed by atoms with Gasteiger partial charge in [-0.1, -0.05) is 51.1 Å². The maximum Gasteiger partial charge on any atom is 0.369 e. The summed E-state index contributed by atoms with van der Waals surface area (Å²) >= 11 is 0. The van der Waals surface area contributed by atoms with Crippen molar-refractivity contribution in [2.24, 2.45) is 0 Å². The quantitative estimate of drug-likeness (QED) is 0.475. The molecule has 0 fully saturated rings. The van der Waals surface area contributed by atoms with Crippen LogP contribution in [0, 0.1) is 0 Å². The summed E-state index contributed by atoms with van der Waals surface area (Å²) in [6, 6.07) is 7.18. The van der Waals surface area contributed by atoms with Crippen molar-refractivity contribution in [2.45, 2.75) is 63.1 Å². The van der Waals surface area contributed by atoms with Crippen LogP contribution in [0.2, 0.25) is 18.1 Å². The zero-order valence-corrected chi connectivity index (χ0v) is 16.9. The van der Waals surface area contributed by atoms with Gasteiger partial charge in [0.1, 0.15) is 12.2 Å². The molecule has 1 aromatic rings. The first kappa shape index (κ1) is 23.4. The molecule has 0 aliphatic rings. The van der Waals surface area contributed by atoms with Crippen LogP contribution in [-0.2, 0) is 9.22 Å². The van der Waals surface area contributed by atoms with E-state index in [4.69, 9.17) is 4.43 Å². The number of carbonyl (C=O) groups is 2. The van der Waals surface area contributed by atoms with Gasteiger partial charge in [0.05, 0.1) is 0 Å². The Morgan fingerprint density at radius 2 is 1.52 bits per heavy atom. The van der Waals surface area contributed by atoms with E-state index in [1.807, 2.05) is 0 Å². The van der Waals surface area contributed by atoms with Gasteiger partial charge in [-0.25, -0.2) is 4.79 Å². The van der Waals surface area contributed by atoms with Crippen LogP contribution in [0.4, 0.5) is 8.78 Å². The van der Waals surface area contributed by atoms with Gasteiger partial charge in [-0.15, -0.1) is 0 Å².